The van der Waals surface area contributed by atoms with Crippen molar-refractivity contribution < 1.29 is 27.4 Å². The Morgan fingerprint density at radius 3 is 2.32 bits per heavy atom. The number of alkyl halides is 3. The number of hydrogen-bond acceptors (Lipinski definition) is 3. The normalized spacial score (nSPS) is 16.0. The third-order valence-corrected chi connectivity index (χ3v) is 5.83. The summed E-state index contributed by atoms with van der Waals surface area (Å²) in [5.74, 6) is -0.550. The van der Waals surface area contributed by atoms with E-state index in [0.717, 1.165) is 36.5 Å². The molecule has 1 fully saturated rings. The Balaban J connectivity index is 1.88. The topological polar surface area (TPSA) is 47.6 Å². The average molecular weight is 435 g/mol. The lowest BCUT2D eigenvalue weighted by atomic mass is 9.68. The largest absolute Gasteiger partial charge is 0.491 e. The van der Waals surface area contributed by atoms with Crippen molar-refractivity contribution in [1.29, 1.82) is 0 Å². The second kappa shape index (κ2) is 9.73. The Morgan fingerprint density at radius 1 is 1.03 bits per heavy atom. The number of nitrogens with one attached hydrogen (secondary N) is 1. The van der Waals surface area contributed by atoms with E-state index < -0.39 is 17.2 Å². The molecule has 1 saturated carbocycles. The number of amides is 1. The van der Waals surface area contributed by atoms with Crippen LogP contribution in [0.1, 0.15) is 48.8 Å². The van der Waals surface area contributed by atoms with Crippen molar-refractivity contribution in [2.24, 2.45) is 0 Å². The molecule has 168 valence electrons. The highest BCUT2D eigenvalue weighted by Gasteiger charge is 2.41. The first-order valence-corrected chi connectivity index (χ1v) is 10.5. The molecule has 1 aliphatic rings. The number of hydrogen-bond donors (Lipinski definition) is 1. The quantitative estimate of drug-likeness (QED) is 0.553. The smallest absolute Gasteiger partial charge is 0.420 e. The number of halogens is 3. The third kappa shape index (κ3) is 5.39. The maximum absolute atomic E-state index is 13.6. The fourth-order valence-electron chi connectivity index (χ4n) is 4.12. The van der Waals surface area contributed by atoms with E-state index in [2.05, 4.69) is 5.32 Å². The molecule has 31 heavy (non-hydrogen) atoms. The van der Waals surface area contributed by atoms with E-state index in [0.29, 0.717) is 12.8 Å². The SMILES string of the molecule is COCCOc1ccc(NC(=O)C2(c3ccc(C)cc3)CCCCC2)cc1C(F)(F)F. The van der Waals surface area contributed by atoms with Gasteiger partial charge < -0.3 is 14.8 Å². The van der Waals surface area contributed by atoms with Crippen molar-refractivity contribution in [3.05, 3.63) is 59.2 Å². The molecule has 1 amide bonds. The molecule has 0 bridgehead atoms. The number of ether oxygens (including phenoxy) is 2. The van der Waals surface area contributed by atoms with E-state index in [1.54, 1.807) is 0 Å². The van der Waals surface area contributed by atoms with Crippen LogP contribution in [0.5, 0.6) is 5.75 Å². The molecule has 0 saturated heterocycles. The molecule has 0 radical (unpaired) electrons. The Bertz CT molecular complexity index is 888. The second-order valence-electron chi connectivity index (χ2n) is 8.01. The molecular formula is C24H28F3NO3. The lowest BCUT2D eigenvalue weighted by Crippen LogP contribution is -2.42. The van der Waals surface area contributed by atoms with Gasteiger partial charge in [0.1, 0.15) is 12.4 Å². The Morgan fingerprint density at radius 2 is 1.71 bits per heavy atom. The van der Waals surface area contributed by atoms with Crippen LogP contribution in [0.2, 0.25) is 0 Å². The van der Waals surface area contributed by atoms with Crippen LogP contribution < -0.4 is 10.1 Å². The number of anilines is 1. The molecule has 1 aliphatic carbocycles. The number of carbonyl (C=O) groups is 1. The van der Waals surface area contributed by atoms with Gasteiger partial charge in [0.25, 0.3) is 0 Å². The zero-order valence-electron chi connectivity index (χ0n) is 17.8. The van der Waals surface area contributed by atoms with Crippen LogP contribution in [0.25, 0.3) is 0 Å². The monoisotopic (exact) mass is 435 g/mol. The number of carbonyl (C=O) groups excluding carboxylic acids is 1. The minimum atomic E-state index is -4.61. The van der Waals surface area contributed by atoms with Crippen LogP contribution in [-0.2, 0) is 21.1 Å². The fraction of sp³-hybridized carbons (Fsp3) is 0.458. The van der Waals surface area contributed by atoms with E-state index in [9.17, 15) is 18.0 Å². The first-order chi connectivity index (χ1) is 14.8. The minimum Gasteiger partial charge on any atom is -0.491 e. The molecule has 2 aromatic carbocycles. The van der Waals surface area contributed by atoms with Gasteiger partial charge >= 0.3 is 6.18 Å². The van der Waals surface area contributed by atoms with Crippen LogP contribution >= 0.6 is 0 Å². The van der Waals surface area contributed by atoms with Gasteiger partial charge in [-0.25, -0.2) is 0 Å². The van der Waals surface area contributed by atoms with Crippen molar-refractivity contribution in [2.75, 3.05) is 25.6 Å². The number of benzene rings is 2. The zero-order chi connectivity index (χ0) is 22.5. The molecule has 2 aromatic rings. The lowest BCUT2D eigenvalue weighted by Gasteiger charge is -2.36. The van der Waals surface area contributed by atoms with E-state index in [1.807, 2.05) is 31.2 Å². The van der Waals surface area contributed by atoms with Gasteiger partial charge in [-0.2, -0.15) is 13.2 Å². The zero-order valence-corrected chi connectivity index (χ0v) is 17.8. The van der Waals surface area contributed by atoms with Crippen molar-refractivity contribution in [3.8, 4) is 5.75 Å². The molecule has 0 aliphatic heterocycles. The molecule has 0 unspecified atom stereocenters. The summed E-state index contributed by atoms with van der Waals surface area (Å²) in [4.78, 5) is 13.4. The summed E-state index contributed by atoms with van der Waals surface area (Å²) in [5.41, 5.74) is 0.445. The van der Waals surface area contributed by atoms with Crippen molar-refractivity contribution >= 4 is 11.6 Å². The maximum Gasteiger partial charge on any atom is 0.420 e. The molecule has 3 rings (SSSR count). The van der Waals surface area contributed by atoms with E-state index >= 15 is 0 Å². The van der Waals surface area contributed by atoms with Gasteiger partial charge in [0.2, 0.25) is 5.91 Å². The van der Waals surface area contributed by atoms with Crippen molar-refractivity contribution in [3.63, 3.8) is 0 Å². The van der Waals surface area contributed by atoms with Gasteiger partial charge in [0.15, 0.2) is 0 Å². The first-order valence-electron chi connectivity index (χ1n) is 10.5. The van der Waals surface area contributed by atoms with Gasteiger partial charge in [-0.1, -0.05) is 49.1 Å². The third-order valence-electron chi connectivity index (χ3n) is 5.83. The summed E-state index contributed by atoms with van der Waals surface area (Å²) < 4.78 is 50.8. The summed E-state index contributed by atoms with van der Waals surface area (Å²) in [5, 5.41) is 2.75. The Kier molecular flexibility index (Phi) is 7.26. The number of rotatable bonds is 7. The number of methoxy groups -OCH3 is 1. The van der Waals surface area contributed by atoms with Crippen LogP contribution in [0.3, 0.4) is 0 Å². The van der Waals surface area contributed by atoms with Gasteiger partial charge in [-0.05, 0) is 43.5 Å². The van der Waals surface area contributed by atoms with Crippen molar-refractivity contribution in [1.82, 2.24) is 0 Å². The molecule has 1 N–H and O–H groups in total. The molecule has 0 spiro atoms. The Hall–Kier alpha value is -2.54. The van der Waals surface area contributed by atoms with Gasteiger partial charge in [-0.3, -0.25) is 4.79 Å². The van der Waals surface area contributed by atoms with Gasteiger partial charge in [0.05, 0.1) is 17.6 Å². The van der Waals surface area contributed by atoms with E-state index in [-0.39, 0.29) is 30.6 Å². The standard InChI is InChI=1S/C24H28F3NO3/c1-17-6-8-18(9-7-17)23(12-4-3-5-13-23)22(29)28-19-10-11-21(31-15-14-30-2)20(16-19)24(25,26)27/h6-11,16H,3-5,12-15H2,1-2H3,(H,28,29). The van der Waals surface area contributed by atoms with E-state index in [4.69, 9.17) is 9.47 Å². The summed E-state index contributed by atoms with van der Waals surface area (Å²) >= 11 is 0. The summed E-state index contributed by atoms with van der Waals surface area (Å²) in [6.45, 7) is 2.16. The minimum absolute atomic E-state index is 0.00181. The molecule has 0 aromatic heterocycles. The second-order valence-corrected chi connectivity index (χ2v) is 8.01. The van der Waals surface area contributed by atoms with Gasteiger partial charge in [0, 0.05) is 12.8 Å². The molecule has 0 heterocycles. The van der Waals surface area contributed by atoms with E-state index in [1.165, 1.54) is 19.2 Å². The summed E-state index contributed by atoms with van der Waals surface area (Å²) in [6.07, 6.45) is -0.406. The summed E-state index contributed by atoms with van der Waals surface area (Å²) in [6, 6.07) is 11.5. The summed E-state index contributed by atoms with van der Waals surface area (Å²) in [7, 11) is 1.45. The van der Waals surface area contributed by atoms with Crippen LogP contribution in [0.15, 0.2) is 42.5 Å². The van der Waals surface area contributed by atoms with Crippen LogP contribution in [0, 0.1) is 6.92 Å². The highest BCUT2D eigenvalue weighted by molar-refractivity contribution is 5.99. The predicted molar refractivity (Wildman–Crippen MR) is 113 cm³/mol. The van der Waals surface area contributed by atoms with Crippen molar-refractivity contribution in [2.45, 2.75) is 50.6 Å². The highest BCUT2D eigenvalue weighted by atomic mass is 19.4. The highest BCUT2D eigenvalue weighted by Crippen LogP contribution is 2.42. The molecule has 4 nitrogen and oxygen atoms in total. The average Bonchev–Trinajstić information content (AvgIpc) is 2.75. The van der Waals surface area contributed by atoms with Gasteiger partial charge in [-0.15, -0.1) is 0 Å². The lowest BCUT2D eigenvalue weighted by molar-refractivity contribution is -0.139. The van der Waals surface area contributed by atoms with Crippen LogP contribution in [0.4, 0.5) is 18.9 Å². The predicted octanol–water partition coefficient (Wildman–Crippen LogP) is 5.88. The Labute approximate surface area is 180 Å². The first kappa shape index (κ1) is 23.1. The molecular weight excluding hydrogens is 407 g/mol. The fourth-order valence-corrected chi connectivity index (χ4v) is 4.12. The molecule has 7 heteroatoms. The number of aryl methyl sites for hydroxylation is 1. The van der Waals surface area contributed by atoms with Crippen LogP contribution in [-0.4, -0.2) is 26.2 Å². The molecule has 0 atom stereocenters. The maximum atomic E-state index is 13.6.